The molecular weight excluding hydrogens is 382 g/mol. The minimum Gasteiger partial charge on any atom is -0.372 e. The first kappa shape index (κ1) is 20.6. The van der Waals surface area contributed by atoms with Gasteiger partial charge >= 0.3 is 0 Å². The van der Waals surface area contributed by atoms with Crippen LogP contribution >= 0.6 is 0 Å². The monoisotopic (exact) mass is 401 g/mol. The number of aliphatic hydroxyl groups is 1. The van der Waals surface area contributed by atoms with E-state index in [2.05, 4.69) is 10.5 Å². The van der Waals surface area contributed by atoms with Crippen molar-refractivity contribution in [1.82, 2.24) is 5.43 Å². The van der Waals surface area contributed by atoms with Crippen molar-refractivity contribution in [1.29, 1.82) is 0 Å². The molecule has 0 heterocycles. The zero-order valence-electron chi connectivity index (χ0n) is 15.9. The van der Waals surface area contributed by atoms with E-state index in [0.717, 1.165) is 5.56 Å². The summed E-state index contributed by atoms with van der Waals surface area (Å²) in [5.41, 5.74) is 2.06. The highest BCUT2D eigenvalue weighted by molar-refractivity contribution is 5.91. The fraction of sp³-hybridized carbons (Fsp3) is 0.0435. The molecule has 0 spiro atoms. The zero-order valence-corrected chi connectivity index (χ0v) is 15.9. The van der Waals surface area contributed by atoms with Gasteiger partial charge in [0.1, 0.15) is 0 Å². The third-order valence-electron chi connectivity index (χ3n) is 4.43. The fourth-order valence-electron chi connectivity index (χ4n) is 2.87. The van der Waals surface area contributed by atoms with E-state index in [1.165, 1.54) is 18.3 Å². The molecule has 3 aromatic rings. The Balaban J connectivity index is 1.73. The van der Waals surface area contributed by atoms with Gasteiger partial charge in [-0.2, -0.15) is 5.10 Å². The Morgan fingerprint density at radius 1 is 0.933 bits per heavy atom. The number of non-ortho nitro benzene ring substituents is 1. The van der Waals surface area contributed by atoms with E-state index in [0.29, 0.717) is 11.1 Å². The fourth-order valence-corrected chi connectivity index (χ4v) is 2.87. The Hall–Kier alpha value is -4.10. The number of hydrogen-bond acceptors (Lipinski definition) is 5. The molecule has 0 fully saturated rings. The number of nitrogens with zero attached hydrogens (tertiary/aromatic N) is 2. The predicted octanol–water partition coefficient (Wildman–Crippen LogP) is 3.65. The van der Waals surface area contributed by atoms with Gasteiger partial charge in [0.25, 0.3) is 11.6 Å². The summed E-state index contributed by atoms with van der Waals surface area (Å²) in [4.78, 5) is 23.0. The van der Waals surface area contributed by atoms with Gasteiger partial charge in [0.15, 0.2) is 5.60 Å². The van der Waals surface area contributed by atoms with Crippen LogP contribution < -0.4 is 5.43 Å². The maximum atomic E-state index is 12.8. The van der Waals surface area contributed by atoms with Crippen molar-refractivity contribution in [3.05, 3.63) is 118 Å². The smallest absolute Gasteiger partial charge is 0.281 e. The molecule has 0 saturated heterocycles. The van der Waals surface area contributed by atoms with Crippen molar-refractivity contribution in [2.75, 3.05) is 0 Å². The SMILES string of the molecule is O=C(N/N=C\C=C\c1ccc([N+](=O)[O-])cc1)C(O)(c1ccccc1)c1ccccc1. The molecule has 0 aliphatic heterocycles. The summed E-state index contributed by atoms with van der Waals surface area (Å²) in [7, 11) is 0. The molecule has 0 saturated carbocycles. The number of hydrazone groups is 1. The summed E-state index contributed by atoms with van der Waals surface area (Å²) in [5, 5.41) is 25.8. The lowest BCUT2D eigenvalue weighted by Gasteiger charge is -2.26. The van der Waals surface area contributed by atoms with Gasteiger partial charge in [0, 0.05) is 18.3 Å². The second kappa shape index (κ2) is 9.40. The van der Waals surface area contributed by atoms with Crippen LogP contribution in [0.3, 0.4) is 0 Å². The van der Waals surface area contributed by atoms with Gasteiger partial charge in [-0.3, -0.25) is 14.9 Å². The number of benzene rings is 3. The van der Waals surface area contributed by atoms with Gasteiger partial charge < -0.3 is 5.11 Å². The van der Waals surface area contributed by atoms with Crippen LogP contribution in [0.1, 0.15) is 16.7 Å². The lowest BCUT2D eigenvalue weighted by molar-refractivity contribution is -0.384. The van der Waals surface area contributed by atoms with Crippen LogP contribution in [0.5, 0.6) is 0 Å². The van der Waals surface area contributed by atoms with Gasteiger partial charge in [0.2, 0.25) is 0 Å². The van der Waals surface area contributed by atoms with E-state index >= 15 is 0 Å². The Kier molecular flexibility index (Phi) is 6.46. The Bertz CT molecular complexity index is 1020. The Morgan fingerprint density at radius 2 is 1.47 bits per heavy atom. The van der Waals surface area contributed by atoms with E-state index in [-0.39, 0.29) is 5.69 Å². The normalized spacial score (nSPS) is 11.6. The Morgan fingerprint density at radius 3 is 1.97 bits per heavy atom. The maximum absolute atomic E-state index is 12.8. The minimum atomic E-state index is -1.90. The number of rotatable bonds is 7. The highest BCUT2D eigenvalue weighted by Crippen LogP contribution is 2.29. The lowest BCUT2D eigenvalue weighted by atomic mass is 9.85. The molecule has 1 amide bonds. The van der Waals surface area contributed by atoms with Gasteiger partial charge in [-0.25, -0.2) is 5.43 Å². The second-order valence-corrected chi connectivity index (χ2v) is 6.37. The lowest BCUT2D eigenvalue weighted by Crippen LogP contribution is -2.43. The largest absolute Gasteiger partial charge is 0.372 e. The molecule has 3 aromatic carbocycles. The van der Waals surface area contributed by atoms with Crippen molar-refractivity contribution in [3.8, 4) is 0 Å². The van der Waals surface area contributed by atoms with E-state index in [4.69, 9.17) is 0 Å². The van der Waals surface area contributed by atoms with Crippen LogP contribution in [0.25, 0.3) is 6.08 Å². The number of allylic oxidation sites excluding steroid dienone is 1. The average Bonchev–Trinajstić information content (AvgIpc) is 2.79. The van der Waals surface area contributed by atoms with Crippen LogP contribution in [-0.2, 0) is 10.4 Å². The van der Waals surface area contributed by atoms with E-state index in [1.54, 1.807) is 84.9 Å². The van der Waals surface area contributed by atoms with Gasteiger partial charge in [-0.15, -0.1) is 0 Å². The molecule has 2 N–H and O–H groups in total. The molecule has 150 valence electrons. The first-order valence-corrected chi connectivity index (χ1v) is 9.10. The molecule has 0 aliphatic rings. The number of amides is 1. The molecule has 0 atom stereocenters. The topological polar surface area (TPSA) is 105 Å². The minimum absolute atomic E-state index is 0.00851. The summed E-state index contributed by atoms with van der Waals surface area (Å²) in [6.07, 6.45) is 4.61. The molecule has 0 bridgehead atoms. The number of nitrogens with one attached hydrogen (secondary N) is 1. The first-order valence-electron chi connectivity index (χ1n) is 9.10. The number of nitro groups is 1. The standard InChI is InChI=1S/C23H19N3O4/c27-22(25-24-17-7-8-18-13-15-21(16-14-18)26(29)30)23(28,19-9-3-1-4-10-19)20-11-5-2-6-12-20/h1-17,28H,(H,25,27)/b8-7+,24-17-. The summed E-state index contributed by atoms with van der Waals surface area (Å²) < 4.78 is 0. The third-order valence-corrected chi connectivity index (χ3v) is 4.43. The van der Waals surface area contributed by atoms with Crippen LogP contribution in [0.4, 0.5) is 5.69 Å². The van der Waals surface area contributed by atoms with Gasteiger partial charge in [0.05, 0.1) is 4.92 Å². The number of hydrogen-bond donors (Lipinski definition) is 2. The molecule has 7 heteroatoms. The first-order chi connectivity index (χ1) is 14.5. The molecule has 0 aromatic heterocycles. The molecule has 30 heavy (non-hydrogen) atoms. The van der Waals surface area contributed by atoms with E-state index in [9.17, 15) is 20.0 Å². The van der Waals surface area contributed by atoms with Crippen LogP contribution in [0, 0.1) is 10.1 Å². The van der Waals surface area contributed by atoms with E-state index < -0.39 is 16.4 Å². The zero-order chi connectivity index (χ0) is 21.4. The van der Waals surface area contributed by atoms with Gasteiger partial charge in [-0.1, -0.05) is 66.7 Å². The van der Waals surface area contributed by atoms with Crippen LogP contribution in [0.2, 0.25) is 0 Å². The quantitative estimate of drug-likeness (QED) is 0.358. The predicted molar refractivity (Wildman–Crippen MR) is 115 cm³/mol. The number of carbonyl (C=O) groups excluding carboxylic acids is 1. The van der Waals surface area contributed by atoms with Crippen molar-refractivity contribution in [3.63, 3.8) is 0 Å². The third kappa shape index (κ3) is 4.65. The highest BCUT2D eigenvalue weighted by Gasteiger charge is 2.39. The van der Waals surface area contributed by atoms with Crippen molar-refractivity contribution in [2.45, 2.75) is 5.60 Å². The molecule has 0 unspecified atom stereocenters. The number of carbonyl (C=O) groups is 1. The molecule has 0 aliphatic carbocycles. The summed E-state index contributed by atoms with van der Waals surface area (Å²) >= 11 is 0. The second-order valence-electron chi connectivity index (χ2n) is 6.37. The van der Waals surface area contributed by atoms with E-state index in [1.807, 2.05) is 0 Å². The number of nitro benzene ring substituents is 1. The van der Waals surface area contributed by atoms with Crippen molar-refractivity contribution >= 4 is 23.9 Å². The molecule has 3 rings (SSSR count). The van der Waals surface area contributed by atoms with Crippen LogP contribution in [0.15, 0.2) is 96.1 Å². The summed E-state index contributed by atoms with van der Waals surface area (Å²) in [5.74, 6) is -0.695. The van der Waals surface area contributed by atoms with Crippen molar-refractivity contribution in [2.24, 2.45) is 5.10 Å². The summed E-state index contributed by atoms with van der Waals surface area (Å²) in [6.45, 7) is 0. The van der Waals surface area contributed by atoms with Crippen LogP contribution in [-0.4, -0.2) is 22.2 Å². The molecule has 0 radical (unpaired) electrons. The highest BCUT2D eigenvalue weighted by atomic mass is 16.6. The van der Waals surface area contributed by atoms with Gasteiger partial charge in [-0.05, 0) is 34.9 Å². The maximum Gasteiger partial charge on any atom is 0.281 e. The molecular formula is C23H19N3O4. The van der Waals surface area contributed by atoms with Crippen molar-refractivity contribution < 1.29 is 14.8 Å². The average molecular weight is 401 g/mol. The summed E-state index contributed by atoms with van der Waals surface area (Å²) in [6, 6.07) is 23.3. The molecule has 7 nitrogen and oxygen atoms in total. The Labute approximate surface area is 173 Å².